The van der Waals surface area contributed by atoms with Gasteiger partial charge in [-0.05, 0) is 98.9 Å². The normalized spacial score (nSPS) is 14.4. The number of benzene rings is 3. The number of halogens is 3. The van der Waals surface area contributed by atoms with E-state index in [9.17, 15) is 18.8 Å². The Morgan fingerprint density at radius 2 is 1.78 bits per heavy atom. The number of amides is 3. The lowest BCUT2D eigenvalue weighted by Crippen LogP contribution is -2.36. The third-order valence-corrected chi connectivity index (χ3v) is 7.56. The van der Waals surface area contributed by atoms with Crippen molar-refractivity contribution in [3.63, 3.8) is 0 Å². The van der Waals surface area contributed by atoms with Crippen molar-refractivity contribution in [2.24, 2.45) is 0 Å². The molecule has 0 saturated carbocycles. The monoisotopic (exact) mass is 646 g/mol. The number of carbonyl (C=O) groups excluding carboxylic acids is 3. The number of anilines is 1. The highest BCUT2D eigenvalue weighted by Gasteiger charge is 2.36. The zero-order chi connectivity index (χ0) is 26.7. The SMILES string of the molecule is Cc1ccc(NC(=O)CN2C(=O)S/C(=C/c3cc(Br)c(OCc4ccccc4F)c(Br)c3)C2=O)c(C)c1. The third kappa shape index (κ3) is 6.49. The minimum absolute atomic E-state index is 0.0340. The predicted octanol–water partition coefficient (Wildman–Crippen LogP) is 7.22. The van der Waals surface area contributed by atoms with Crippen LogP contribution in [0.1, 0.15) is 22.3 Å². The van der Waals surface area contributed by atoms with E-state index in [1.165, 1.54) is 6.07 Å². The Balaban J connectivity index is 1.45. The zero-order valence-corrected chi connectivity index (χ0v) is 23.8. The molecule has 3 aromatic carbocycles. The maximum Gasteiger partial charge on any atom is 0.294 e. The van der Waals surface area contributed by atoms with E-state index >= 15 is 0 Å². The minimum atomic E-state index is -0.544. The van der Waals surface area contributed by atoms with E-state index in [4.69, 9.17) is 4.74 Å². The highest BCUT2D eigenvalue weighted by Crippen LogP contribution is 2.38. The fourth-order valence-corrected chi connectivity index (χ4v) is 5.93. The molecule has 0 unspecified atom stereocenters. The van der Waals surface area contributed by atoms with Crippen LogP contribution in [-0.4, -0.2) is 28.5 Å². The van der Waals surface area contributed by atoms with Gasteiger partial charge in [-0.1, -0.05) is 35.9 Å². The molecule has 3 aromatic rings. The van der Waals surface area contributed by atoms with Crippen molar-refractivity contribution in [1.29, 1.82) is 0 Å². The number of ether oxygens (including phenoxy) is 1. The van der Waals surface area contributed by atoms with Crippen LogP contribution in [0.2, 0.25) is 0 Å². The first-order chi connectivity index (χ1) is 17.6. The molecular formula is C27H21Br2FN2O4S. The van der Waals surface area contributed by atoms with Gasteiger partial charge in [-0.25, -0.2) is 4.39 Å². The topological polar surface area (TPSA) is 75.7 Å². The number of rotatable bonds is 7. The van der Waals surface area contributed by atoms with Gasteiger partial charge in [-0.2, -0.15) is 0 Å². The van der Waals surface area contributed by atoms with Gasteiger partial charge in [0.15, 0.2) is 0 Å². The summed E-state index contributed by atoms with van der Waals surface area (Å²) in [5.41, 5.74) is 3.63. The number of imide groups is 1. The summed E-state index contributed by atoms with van der Waals surface area (Å²) in [5, 5.41) is 2.24. The molecule has 0 aromatic heterocycles. The molecule has 1 fully saturated rings. The summed E-state index contributed by atoms with van der Waals surface area (Å²) >= 11 is 7.68. The Morgan fingerprint density at radius 3 is 2.46 bits per heavy atom. The summed E-state index contributed by atoms with van der Waals surface area (Å²) < 4.78 is 20.9. The predicted molar refractivity (Wildman–Crippen MR) is 150 cm³/mol. The Morgan fingerprint density at radius 1 is 1.08 bits per heavy atom. The van der Waals surface area contributed by atoms with Gasteiger partial charge in [0.25, 0.3) is 11.1 Å². The highest BCUT2D eigenvalue weighted by atomic mass is 79.9. The van der Waals surface area contributed by atoms with Gasteiger partial charge in [-0.3, -0.25) is 19.3 Å². The molecule has 37 heavy (non-hydrogen) atoms. The summed E-state index contributed by atoms with van der Waals surface area (Å²) in [7, 11) is 0. The van der Waals surface area contributed by atoms with Crippen molar-refractivity contribution in [3.8, 4) is 5.75 Å². The van der Waals surface area contributed by atoms with Crippen LogP contribution in [0.15, 0.2) is 68.4 Å². The number of carbonyl (C=O) groups is 3. The maximum absolute atomic E-state index is 13.9. The molecule has 10 heteroatoms. The van der Waals surface area contributed by atoms with Crippen molar-refractivity contribution < 1.29 is 23.5 Å². The lowest BCUT2D eigenvalue weighted by Gasteiger charge is -2.14. The summed E-state index contributed by atoms with van der Waals surface area (Å²) in [6.45, 7) is 3.48. The van der Waals surface area contributed by atoms with Gasteiger partial charge in [0.05, 0.1) is 13.9 Å². The van der Waals surface area contributed by atoms with Gasteiger partial charge < -0.3 is 10.1 Å². The van der Waals surface area contributed by atoms with Gasteiger partial charge in [-0.15, -0.1) is 0 Å². The fourth-order valence-electron chi connectivity index (χ4n) is 3.64. The summed E-state index contributed by atoms with van der Waals surface area (Å²) in [5.74, 6) is -0.892. The minimum Gasteiger partial charge on any atom is -0.486 e. The first-order valence-electron chi connectivity index (χ1n) is 11.1. The largest absolute Gasteiger partial charge is 0.486 e. The number of hydrogen-bond acceptors (Lipinski definition) is 5. The van der Waals surface area contributed by atoms with Crippen molar-refractivity contribution in [2.75, 3.05) is 11.9 Å². The standard InChI is InChI=1S/C27H21Br2FN2O4S/c1-15-7-8-22(16(2)9-15)31-24(33)13-32-26(34)23(37-27(32)35)12-17-10-19(28)25(20(29)11-17)36-14-18-5-3-4-6-21(18)30/h3-12H,13-14H2,1-2H3,(H,31,33)/b23-12+. The van der Waals surface area contributed by atoms with E-state index in [0.717, 1.165) is 27.8 Å². The molecule has 1 N–H and O–H groups in total. The molecule has 0 atom stereocenters. The van der Waals surface area contributed by atoms with Crippen molar-refractivity contribution in [2.45, 2.75) is 20.5 Å². The highest BCUT2D eigenvalue weighted by molar-refractivity contribution is 9.11. The van der Waals surface area contributed by atoms with E-state index in [1.807, 2.05) is 26.0 Å². The number of nitrogens with one attached hydrogen (secondary N) is 1. The van der Waals surface area contributed by atoms with Crippen molar-refractivity contribution in [3.05, 3.63) is 96.5 Å². The Labute approximate surface area is 234 Å². The maximum atomic E-state index is 13.9. The first kappa shape index (κ1) is 27.1. The Hall–Kier alpha value is -2.95. The average molecular weight is 648 g/mol. The summed E-state index contributed by atoms with van der Waals surface area (Å²) in [6, 6.07) is 15.4. The van der Waals surface area contributed by atoms with Crippen LogP contribution >= 0.6 is 43.6 Å². The van der Waals surface area contributed by atoms with Crippen LogP contribution < -0.4 is 10.1 Å². The third-order valence-electron chi connectivity index (χ3n) is 5.48. The fraction of sp³-hybridized carbons (Fsp3) is 0.148. The number of nitrogens with zero attached hydrogens (tertiary/aromatic N) is 1. The lowest BCUT2D eigenvalue weighted by molar-refractivity contribution is -0.127. The molecule has 0 bridgehead atoms. The quantitative estimate of drug-likeness (QED) is 0.274. The molecule has 1 saturated heterocycles. The molecule has 1 heterocycles. The lowest BCUT2D eigenvalue weighted by atomic mass is 10.1. The second-order valence-electron chi connectivity index (χ2n) is 8.33. The van der Waals surface area contributed by atoms with E-state index in [-0.39, 0.29) is 23.9 Å². The molecule has 0 spiro atoms. The molecule has 6 nitrogen and oxygen atoms in total. The molecular weight excluding hydrogens is 627 g/mol. The molecule has 4 rings (SSSR count). The van der Waals surface area contributed by atoms with E-state index < -0.39 is 17.1 Å². The zero-order valence-electron chi connectivity index (χ0n) is 19.8. The van der Waals surface area contributed by atoms with Crippen LogP contribution in [0.4, 0.5) is 14.9 Å². The molecule has 1 aliphatic rings. The smallest absolute Gasteiger partial charge is 0.294 e. The van der Waals surface area contributed by atoms with E-state index in [2.05, 4.69) is 37.2 Å². The second kappa shape index (κ2) is 11.6. The Kier molecular flexibility index (Phi) is 8.51. The first-order valence-corrected chi connectivity index (χ1v) is 13.5. The average Bonchev–Trinajstić information content (AvgIpc) is 3.08. The van der Waals surface area contributed by atoms with Gasteiger partial charge in [0.1, 0.15) is 24.7 Å². The number of hydrogen-bond donors (Lipinski definition) is 1. The molecule has 3 amide bonds. The van der Waals surface area contributed by atoms with Gasteiger partial charge in [0.2, 0.25) is 5.91 Å². The van der Waals surface area contributed by atoms with Gasteiger partial charge in [0, 0.05) is 11.3 Å². The van der Waals surface area contributed by atoms with E-state index in [1.54, 1.807) is 42.5 Å². The van der Waals surface area contributed by atoms with Crippen LogP contribution in [0.3, 0.4) is 0 Å². The summed E-state index contributed by atoms with van der Waals surface area (Å²) in [4.78, 5) is 39.1. The van der Waals surface area contributed by atoms with Crippen LogP contribution in [0, 0.1) is 19.7 Å². The number of aryl methyl sites for hydroxylation is 2. The molecule has 0 radical (unpaired) electrons. The molecule has 1 aliphatic heterocycles. The van der Waals surface area contributed by atoms with Crippen molar-refractivity contribution >= 4 is 72.4 Å². The van der Waals surface area contributed by atoms with Gasteiger partial charge >= 0.3 is 0 Å². The van der Waals surface area contributed by atoms with Crippen LogP contribution in [-0.2, 0) is 16.2 Å². The van der Waals surface area contributed by atoms with Crippen molar-refractivity contribution in [1.82, 2.24) is 4.90 Å². The Bertz CT molecular complexity index is 1420. The van der Waals surface area contributed by atoms with E-state index in [0.29, 0.717) is 31.5 Å². The molecule has 190 valence electrons. The summed E-state index contributed by atoms with van der Waals surface area (Å²) in [6.07, 6.45) is 1.57. The second-order valence-corrected chi connectivity index (χ2v) is 11.0. The van der Waals surface area contributed by atoms with Crippen LogP contribution in [0.5, 0.6) is 5.75 Å². The molecule has 0 aliphatic carbocycles. The van der Waals surface area contributed by atoms with Crippen LogP contribution in [0.25, 0.3) is 6.08 Å². The number of thioether (sulfide) groups is 1.